The van der Waals surface area contributed by atoms with Gasteiger partial charge in [0.05, 0.1) is 30.4 Å². The van der Waals surface area contributed by atoms with Crippen molar-refractivity contribution in [2.75, 3.05) is 26.7 Å². The summed E-state index contributed by atoms with van der Waals surface area (Å²) in [6.45, 7) is 0.969. The van der Waals surface area contributed by atoms with Crippen LogP contribution in [0.1, 0.15) is 21.5 Å². The first-order valence-electron chi connectivity index (χ1n) is 11.1. The van der Waals surface area contributed by atoms with Crippen LogP contribution in [0.3, 0.4) is 0 Å². The van der Waals surface area contributed by atoms with Gasteiger partial charge in [-0.1, -0.05) is 29.8 Å². The summed E-state index contributed by atoms with van der Waals surface area (Å²) in [5.41, 5.74) is 1.94. The second-order valence-electron chi connectivity index (χ2n) is 8.23. The van der Waals surface area contributed by atoms with Gasteiger partial charge in [0.25, 0.3) is 5.91 Å². The SMILES string of the molecule is COc1ccc(CN2CC(OCc3cccnc3)CN(C(=O)c3ccc(F)cc3Cl)CC2=O)cc1. The highest BCUT2D eigenvalue weighted by atomic mass is 35.5. The fraction of sp³-hybridized carbons (Fsp3) is 0.269. The fourth-order valence-corrected chi connectivity index (χ4v) is 4.12. The second kappa shape index (κ2) is 11.3. The molecule has 182 valence electrons. The molecule has 1 atom stereocenters. The molecule has 2 heterocycles. The first kappa shape index (κ1) is 24.6. The smallest absolute Gasteiger partial charge is 0.255 e. The van der Waals surface area contributed by atoms with Crippen molar-refractivity contribution in [3.05, 3.63) is 94.5 Å². The number of pyridine rings is 1. The standard InChI is InChI=1S/C26H25ClFN3O4/c1-34-21-7-4-18(5-8-21)13-30-14-22(35-17-19-3-2-10-29-12-19)15-31(16-25(30)32)26(33)23-9-6-20(28)11-24(23)27/h2-12,22H,13-17H2,1H3. The third kappa shape index (κ3) is 6.35. The molecule has 0 N–H and O–H groups in total. The van der Waals surface area contributed by atoms with Gasteiger partial charge in [0, 0.05) is 32.0 Å². The maximum atomic E-state index is 13.5. The molecule has 0 radical (unpaired) electrons. The number of methoxy groups -OCH3 is 1. The topological polar surface area (TPSA) is 72.0 Å². The van der Waals surface area contributed by atoms with E-state index >= 15 is 0 Å². The Balaban J connectivity index is 1.55. The van der Waals surface area contributed by atoms with Gasteiger partial charge in [0.2, 0.25) is 5.91 Å². The van der Waals surface area contributed by atoms with Crippen molar-refractivity contribution in [3.63, 3.8) is 0 Å². The second-order valence-corrected chi connectivity index (χ2v) is 8.63. The van der Waals surface area contributed by atoms with Gasteiger partial charge in [-0.2, -0.15) is 0 Å². The number of nitrogens with zero attached hydrogens (tertiary/aromatic N) is 3. The third-order valence-corrected chi connectivity index (χ3v) is 6.03. The molecule has 9 heteroatoms. The fourth-order valence-electron chi connectivity index (χ4n) is 3.87. The first-order chi connectivity index (χ1) is 16.9. The summed E-state index contributed by atoms with van der Waals surface area (Å²) in [7, 11) is 1.59. The van der Waals surface area contributed by atoms with Crippen molar-refractivity contribution in [1.29, 1.82) is 0 Å². The number of ether oxygens (including phenoxy) is 2. The Morgan fingerprint density at radius 3 is 2.63 bits per heavy atom. The average molecular weight is 498 g/mol. The molecule has 0 spiro atoms. The van der Waals surface area contributed by atoms with E-state index in [9.17, 15) is 14.0 Å². The van der Waals surface area contributed by atoms with Crippen LogP contribution in [-0.2, 0) is 22.7 Å². The molecule has 4 rings (SSSR count). The molecule has 2 amide bonds. The highest BCUT2D eigenvalue weighted by Gasteiger charge is 2.32. The molecule has 1 aliphatic rings. The zero-order valence-electron chi connectivity index (χ0n) is 19.2. The Labute approximate surface area is 208 Å². The quantitative estimate of drug-likeness (QED) is 0.494. The number of carbonyl (C=O) groups excluding carboxylic acids is 2. The Hall–Kier alpha value is -3.49. The lowest BCUT2D eigenvalue weighted by atomic mass is 10.2. The molecular weight excluding hydrogens is 473 g/mol. The highest BCUT2D eigenvalue weighted by molar-refractivity contribution is 6.33. The van der Waals surface area contributed by atoms with Gasteiger partial charge in [0.15, 0.2) is 0 Å². The maximum absolute atomic E-state index is 13.5. The number of benzene rings is 2. The van der Waals surface area contributed by atoms with Gasteiger partial charge in [0.1, 0.15) is 18.1 Å². The van der Waals surface area contributed by atoms with Gasteiger partial charge in [-0.3, -0.25) is 14.6 Å². The summed E-state index contributed by atoms with van der Waals surface area (Å²) in [6, 6.07) is 14.7. The number of hydrogen-bond acceptors (Lipinski definition) is 5. The zero-order chi connectivity index (χ0) is 24.8. The van der Waals surface area contributed by atoms with Gasteiger partial charge < -0.3 is 19.3 Å². The van der Waals surface area contributed by atoms with E-state index in [1.807, 2.05) is 36.4 Å². The molecule has 1 fully saturated rings. The van der Waals surface area contributed by atoms with Crippen molar-refractivity contribution < 1.29 is 23.5 Å². The van der Waals surface area contributed by atoms with E-state index < -0.39 is 17.8 Å². The number of amides is 2. The molecular formula is C26H25ClFN3O4. The zero-order valence-corrected chi connectivity index (χ0v) is 20.0. The third-order valence-electron chi connectivity index (χ3n) is 5.72. The molecule has 0 aliphatic carbocycles. The Bertz CT molecular complexity index is 1180. The van der Waals surface area contributed by atoms with E-state index in [4.69, 9.17) is 21.1 Å². The Morgan fingerprint density at radius 2 is 1.94 bits per heavy atom. The number of hydrogen-bond donors (Lipinski definition) is 0. The summed E-state index contributed by atoms with van der Waals surface area (Å²) < 4.78 is 24.8. The van der Waals surface area contributed by atoms with Crippen LogP contribution in [-0.4, -0.2) is 59.4 Å². The molecule has 0 saturated carbocycles. The predicted molar refractivity (Wildman–Crippen MR) is 129 cm³/mol. The number of halogens is 2. The van der Waals surface area contributed by atoms with Gasteiger partial charge in [-0.25, -0.2) is 4.39 Å². The normalized spacial score (nSPS) is 16.2. The number of aromatic nitrogens is 1. The minimum absolute atomic E-state index is 0.00499. The molecule has 1 unspecified atom stereocenters. The van der Waals surface area contributed by atoms with E-state index in [1.54, 1.807) is 24.4 Å². The maximum Gasteiger partial charge on any atom is 0.255 e. The lowest BCUT2D eigenvalue weighted by Gasteiger charge is -2.25. The van der Waals surface area contributed by atoms with Gasteiger partial charge >= 0.3 is 0 Å². The highest BCUT2D eigenvalue weighted by Crippen LogP contribution is 2.22. The molecule has 1 saturated heterocycles. The predicted octanol–water partition coefficient (Wildman–Crippen LogP) is 3.95. The van der Waals surface area contributed by atoms with Crippen molar-refractivity contribution in [2.24, 2.45) is 0 Å². The molecule has 7 nitrogen and oxygen atoms in total. The summed E-state index contributed by atoms with van der Waals surface area (Å²) in [5.74, 6) is -0.493. The van der Waals surface area contributed by atoms with Crippen LogP contribution in [0.4, 0.5) is 4.39 Å². The monoisotopic (exact) mass is 497 g/mol. The summed E-state index contributed by atoms with van der Waals surface area (Å²) in [6.07, 6.45) is 2.93. The van der Waals surface area contributed by atoms with Crippen molar-refractivity contribution in [3.8, 4) is 5.75 Å². The summed E-state index contributed by atoms with van der Waals surface area (Å²) in [5, 5.41) is -0.00499. The Kier molecular flexibility index (Phi) is 7.94. The molecule has 0 bridgehead atoms. The van der Waals surface area contributed by atoms with Crippen LogP contribution < -0.4 is 4.74 Å². The van der Waals surface area contributed by atoms with Crippen LogP contribution in [0.15, 0.2) is 67.0 Å². The van der Waals surface area contributed by atoms with Gasteiger partial charge in [-0.05, 0) is 47.5 Å². The van der Waals surface area contributed by atoms with Crippen LogP contribution in [0.2, 0.25) is 5.02 Å². The number of rotatable bonds is 7. The van der Waals surface area contributed by atoms with E-state index in [0.29, 0.717) is 13.1 Å². The first-order valence-corrected chi connectivity index (χ1v) is 11.5. The molecule has 2 aromatic carbocycles. The van der Waals surface area contributed by atoms with E-state index in [2.05, 4.69) is 4.98 Å². The van der Waals surface area contributed by atoms with Gasteiger partial charge in [-0.15, -0.1) is 0 Å². The lowest BCUT2D eigenvalue weighted by molar-refractivity contribution is -0.132. The Morgan fingerprint density at radius 1 is 1.14 bits per heavy atom. The van der Waals surface area contributed by atoms with Crippen LogP contribution in [0.25, 0.3) is 0 Å². The molecule has 1 aliphatic heterocycles. The minimum Gasteiger partial charge on any atom is -0.497 e. The van der Waals surface area contributed by atoms with Crippen LogP contribution >= 0.6 is 11.6 Å². The molecule has 1 aromatic heterocycles. The summed E-state index contributed by atoms with van der Waals surface area (Å²) in [4.78, 5) is 33.6. The van der Waals surface area contributed by atoms with E-state index in [0.717, 1.165) is 22.9 Å². The largest absolute Gasteiger partial charge is 0.497 e. The van der Waals surface area contributed by atoms with Crippen molar-refractivity contribution in [2.45, 2.75) is 19.3 Å². The van der Waals surface area contributed by atoms with E-state index in [1.165, 1.54) is 17.0 Å². The van der Waals surface area contributed by atoms with Crippen LogP contribution in [0, 0.1) is 5.82 Å². The molecule has 3 aromatic rings. The number of carbonyl (C=O) groups is 2. The van der Waals surface area contributed by atoms with Crippen molar-refractivity contribution >= 4 is 23.4 Å². The van der Waals surface area contributed by atoms with Crippen LogP contribution in [0.5, 0.6) is 5.75 Å². The van der Waals surface area contributed by atoms with E-state index in [-0.39, 0.29) is 36.2 Å². The van der Waals surface area contributed by atoms with Crippen molar-refractivity contribution in [1.82, 2.24) is 14.8 Å². The summed E-state index contributed by atoms with van der Waals surface area (Å²) >= 11 is 6.13. The molecule has 35 heavy (non-hydrogen) atoms. The average Bonchev–Trinajstić information content (AvgIpc) is 3.02. The minimum atomic E-state index is -0.540. The lowest BCUT2D eigenvalue weighted by Crippen LogP contribution is -2.39.